The molecule has 2 rings (SSSR count). The molecule has 0 bridgehead atoms. The van der Waals surface area contributed by atoms with Gasteiger partial charge < -0.3 is 14.6 Å². The van der Waals surface area contributed by atoms with E-state index in [1.165, 1.54) is 24.5 Å². The van der Waals surface area contributed by atoms with Crippen molar-refractivity contribution in [2.45, 2.75) is 6.36 Å². The third-order valence-corrected chi connectivity index (χ3v) is 2.32. The maximum absolute atomic E-state index is 12.2. The van der Waals surface area contributed by atoms with Gasteiger partial charge in [0, 0.05) is 5.56 Å². The van der Waals surface area contributed by atoms with E-state index < -0.39 is 18.9 Å². The monoisotopic (exact) mass is 314 g/mol. The van der Waals surface area contributed by atoms with Gasteiger partial charge in [-0.3, -0.25) is 0 Å². The van der Waals surface area contributed by atoms with Crippen LogP contribution in [0.5, 0.6) is 11.5 Å². The summed E-state index contributed by atoms with van der Waals surface area (Å²) >= 11 is 0. The minimum Gasteiger partial charge on any atom is -0.479 e. The average Bonchev–Trinajstić information content (AvgIpc) is 2.44. The molecule has 1 N–H and O–H groups in total. The zero-order chi connectivity index (χ0) is 16.2. The van der Waals surface area contributed by atoms with Crippen molar-refractivity contribution in [3.8, 4) is 22.9 Å². The number of carboxylic acid groups (broad SMARTS) is 1. The van der Waals surface area contributed by atoms with E-state index in [1.54, 1.807) is 0 Å². The van der Waals surface area contributed by atoms with Crippen LogP contribution >= 0.6 is 0 Å². The number of hydrogen-bond acceptors (Lipinski definition) is 5. The molecule has 1 aromatic heterocycles. The maximum Gasteiger partial charge on any atom is 0.573 e. The molecule has 6 nitrogen and oxygen atoms in total. The highest BCUT2D eigenvalue weighted by Crippen LogP contribution is 2.26. The molecule has 2 aromatic rings. The Morgan fingerprint density at radius 1 is 1.18 bits per heavy atom. The van der Waals surface area contributed by atoms with Gasteiger partial charge in [-0.25, -0.2) is 14.8 Å². The largest absolute Gasteiger partial charge is 0.573 e. The van der Waals surface area contributed by atoms with E-state index in [0.717, 1.165) is 12.1 Å². The van der Waals surface area contributed by atoms with Gasteiger partial charge in [-0.1, -0.05) is 12.1 Å². The summed E-state index contributed by atoms with van der Waals surface area (Å²) in [6.45, 7) is -0.544. The van der Waals surface area contributed by atoms with E-state index in [-0.39, 0.29) is 17.3 Å². The fraction of sp³-hybridized carbons (Fsp3) is 0.154. The van der Waals surface area contributed by atoms with E-state index in [9.17, 15) is 18.0 Å². The van der Waals surface area contributed by atoms with E-state index in [0.29, 0.717) is 5.56 Å². The van der Waals surface area contributed by atoms with Crippen LogP contribution in [0.2, 0.25) is 0 Å². The van der Waals surface area contributed by atoms with Crippen LogP contribution in [0.4, 0.5) is 13.2 Å². The number of halogens is 3. The lowest BCUT2D eigenvalue weighted by Gasteiger charge is -2.09. The highest BCUT2D eigenvalue weighted by Gasteiger charge is 2.31. The predicted octanol–water partition coefficient (Wildman–Crippen LogP) is 2.51. The lowest BCUT2D eigenvalue weighted by molar-refractivity contribution is -0.274. The molecule has 0 aliphatic carbocycles. The molecule has 0 amide bonds. The van der Waals surface area contributed by atoms with Crippen LogP contribution < -0.4 is 9.47 Å². The molecule has 9 heteroatoms. The van der Waals surface area contributed by atoms with Gasteiger partial charge in [-0.05, 0) is 12.1 Å². The Morgan fingerprint density at radius 3 is 2.45 bits per heavy atom. The van der Waals surface area contributed by atoms with E-state index in [1.807, 2.05) is 0 Å². The highest BCUT2D eigenvalue weighted by atomic mass is 19.4. The molecular weight excluding hydrogens is 305 g/mol. The number of hydrogen-bond donors (Lipinski definition) is 1. The molecule has 0 spiro atoms. The molecule has 0 radical (unpaired) electrons. The molecule has 0 atom stereocenters. The van der Waals surface area contributed by atoms with Gasteiger partial charge in [0.15, 0.2) is 18.2 Å². The first kappa shape index (κ1) is 15.5. The third kappa shape index (κ3) is 4.62. The first-order valence-corrected chi connectivity index (χ1v) is 5.86. The SMILES string of the molecule is O=C(O)COc1cnc(-c2cccc(OC(F)(F)F)c2)nc1. The lowest BCUT2D eigenvalue weighted by Crippen LogP contribution is -2.17. The number of carboxylic acids is 1. The maximum atomic E-state index is 12.2. The van der Waals surface area contributed by atoms with E-state index in [2.05, 4.69) is 14.7 Å². The fourth-order valence-electron chi connectivity index (χ4n) is 1.52. The van der Waals surface area contributed by atoms with Gasteiger partial charge >= 0.3 is 12.3 Å². The topological polar surface area (TPSA) is 81.5 Å². The van der Waals surface area contributed by atoms with Gasteiger partial charge in [-0.15, -0.1) is 13.2 Å². The van der Waals surface area contributed by atoms with Gasteiger partial charge in [0.25, 0.3) is 0 Å². The number of ether oxygens (including phenoxy) is 2. The summed E-state index contributed by atoms with van der Waals surface area (Å²) in [6.07, 6.45) is -2.33. The Balaban J connectivity index is 2.14. The number of aromatic nitrogens is 2. The smallest absolute Gasteiger partial charge is 0.479 e. The Hall–Kier alpha value is -2.84. The molecule has 0 unspecified atom stereocenters. The van der Waals surface area contributed by atoms with Crippen molar-refractivity contribution < 1.29 is 32.5 Å². The van der Waals surface area contributed by atoms with Crippen molar-refractivity contribution in [1.29, 1.82) is 0 Å². The number of benzene rings is 1. The number of carbonyl (C=O) groups is 1. The van der Waals surface area contributed by atoms with Gasteiger partial charge in [0.2, 0.25) is 0 Å². The molecule has 1 heterocycles. The lowest BCUT2D eigenvalue weighted by atomic mass is 10.2. The Labute approximate surface area is 122 Å². The minimum absolute atomic E-state index is 0.133. The van der Waals surface area contributed by atoms with E-state index >= 15 is 0 Å². The Morgan fingerprint density at radius 2 is 1.86 bits per heavy atom. The zero-order valence-corrected chi connectivity index (χ0v) is 10.9. The fourth-order valence-corrected chi connectivity index (χ4v) is 1.52. The summed E-state index contributed by atoms with van der Waals surface area (Å²) in [6, 6.07) is 5.17. The van der Waals surface area contributed by atoms with Crippen molar-refractivity contribution in [3.05, 3.63) is 36.7 Å². The van der Waals surface area contributed by atoms with Crippen LogP contribution in [0.3, 0.4) is 0 Å². The molecule has 0 aliphatic heterocycles. The summed E-state index contributed by atoms with van der Waals surface area (Å²) in [5.41, 5.74) is 0.312. The summed E-state index contributed by atoms with van der Waals surface area (Å²) in [5.74, 6) is -1.26. The minimum atomic E-state index is -4.78. The molecule has 0 fully saturated rings. The first-order valence-electron chi connectivity index (χ1n) is 5.86. The highest BCUT2D eigenvalue weighted by molar-refractivity contribution is 5.68. The molecule has 0 saturated carbocycles. The van der Waals surface area contributed by atoms with Gasteiger partial charge in [0.05, 0.1) is 12.4 Å². The van der Waals surface area contributed by atoms with Gasteiger partial charge in [-0.2, -0.15) is 0 Å². The first-order chi connectivity index (χ1) is 10.3. The van der Waals surface area contributed by atoms with Crippen LogP contribution in [0.15, 0.2) is 36.7 Å². The molecule has 0 aliphatic rings. The normalized spacial score (nSPS) is 11.0. The number of aliphatic carboxylic acids is 1. The zero-order valence-electron chi connectivity index (χ0n) is 10.9. The van der Waals surface area contributed by atoms with Crippen LogP contribution in [0.25, 0.3) is 11.4 Å². The standard InChI is InChI=1S/C13H9F3N2O4/c14-13(15,16)22-9-3-1-2-8(4-9)12-17-5-10(6-18-12)21-7-11(19)20/h1-6H,7H2,(H,19,20). The van der Waals surface area contributed by atoms with Crippen molar-refractivity contribution in [3.63, 3.8) is 0 Å². The Kier molecular flexibility index (Phi) is 4.44. The average molecular weight is 314 g/mol. The molecule has 22 heavy (non-hydrogen) atoms. The number of nitrogens with zero attached hydrogens (tertiary/aromatic N) is 2. The number of rotatable bonds is 5. The second-order valence-electron chi connectivity index (χ2n) is 4.00. The Bertz CT molecular complexity index is 659. The number of alkyl halides is 3. The van der Waals surface area contributed by atoms with Crippen molar-refractivity contribution in [2.24, 2.45) is 0 Å². The van der Waals surface area contributed by atoms with Crippen molar-refractivity contribution in [1.82, 2.24) is 9.97 Å². The third-order valence-electron chi connectivity index (χ3n) is 2.32. The second-order valence-corrected chi connectivity index (χ2v) is 4.00. The predicted molar refractivity (Wildman–Crippen MR) is 67.3 cm³/mol. The van der Waals surface area contributed by atoms with Gasteiger partial charge in [0.1, 0.15) is 5.75 Å². The van der Waals surface area contributed by atoms with Crippen LogP contribution in [0, 0.1) is 0 Å². The summed E-state index contributed by atoms with van der Waals surface area (Å²) < 4.78 is 45.1. The van der Waals surface area contributed by atoms with Crippen LogP contribution in [0.1, 0.15) is 0 Å². The second kappa shape index (κ2) is 6.29. The molecule has 0 saturated heterocycles. The van der Waals surface area contributed by atoms with Crippen molar-refractivity contribution >= 4 is 5.97 Å². The van der Waals surface area contributed by atoms with Crippen LogP contribution in [-0.2, 0) is 4.79 Å². The molecule has 116 valence electrons. The van der Waals surface area contributed by atoms with Crippen molar-refractivity contribution in [2.75, 3.05) is 6.61 Å². The quantitative estimate of drug-likeness (QED) is 0.913. The van der Waals surface area contributed by atoms with E-state index in [4.69, 9.17) is 9.84 Å². The molecule has 1 aromatic carbocycles. The summed E-state index contributed by atoms with van der Waals surface area (Å²) in [4.78, 5) is 18.1. The van der Waals surface area contributed by atoms with Crippen LogP contribution in [-0.4, -0.2) is 34.0 Å². The summed E-state index contributed by atoms with van der Waals surface area (Å²) in [7, 11) is 0. The summed E-state index contributed by atoms with van der Waals surface area (Å²) in [5, 5.41) is 8.46. The molecular formula is C13H9F3N2O4.